The van der Waals surface area contributed by atoms with Gasteiger partial charge in [0.15, 0.2) is 12.1 Å². The van der Waals surface area contributed by atoms with E-state index in [9.17, 15) is 24.9 Å². The van der Waals surface area contributed by atoms with Crippen molar-refractivity contribution in [2.24, 2.45) is 11.8 Å². The third-order valence-corrected chi connectivity index (χ3v) is 11.8. The highest BCUT2D eigenvalue weighted by molar-refractivity contribution is 6.07. The maximum absolute atomic E-state index is 16.8. The highest BCUT2D eigenvalue weighted by atomic mass is 19.1. The molecular weight excluding hydrogens is 699 g/mol. The molecule has 0 aromatic heterocycles. The van der Waals surface area contributed by atoms with E-state index in [0.29, 0.717) is 25.9 Å². The Balaban J connectivity index is 2.70. The van der Waals surface area contributed by atoms with E-state index >= 15 is 4.39 Å². The van der Waals surface area contributed by atoms with Gasteiger partial charge >= 0.3 is 5.97 Å². The molecule has 0 amide bonds. The molecule has 2 fully saturated rings. The van der Waals surface area contributed by atoms with E-state index in [1.165, 1.54) is 13.8 Å². The fourth-order valence-corrected chi connectivity index (χ4v) is 8.07. The molecule has 0 aromatic carbocycles. The van der Waals surface area contributed by atoms with E-state index in [1.807, 2.05) is 53.9 Å². The van der Waals surface area contributed by atoms with Crippen LogP contribution in [0.2, 0.25) is 0 Å². The molecule has 0 spiro atoms. The van der Waals surface area contributed by atoms with E-state index in [2.05, 4.69) is 35.9 Å². The van der Waals surface area contributed by atoms with Crippen LogP contribution in [-0.2, 0) is 28.5 Å². The number of aliphatic hydroxyl groups excluding tert-OH is 2. The number of hydrogen-bond donors (Lipinski definition) is 4. The number of ether oxygens (including phenoxy) is 4. The van der Waals surface area contributed by atoms with Gasteiger partial charge in [0.2, 0.25) is 0 Å². The predicted octanol–water partition coefficient (Wildman–Crippen LogP) is 3.01. The van der Waals surface area contributed by atoms with Crippen LogP contribution in [0, 0.1) is 11.8 Å². The summed E-state index contributed by atoms with van der Waals surface area (Å²) in [7, 11) is 7.81. The second kappa shape index (κ2) is 19.9. The van der Waals surface area contributed by atoms with Gasteiger partial charge in [-0.2, -0.15) is 0 Å². The molecule has 2 aliphatic rings. The van der Waals surface area contributed by atoms with E-state index in [1.54, 1.807) is 13.8 Å². The van der Waals surface area contributed by atoms with Crippen LogP contribution in [0.15, 0.2) is 0 Å². The third kappa shape index (κ3) is 12.3. The van der Waals surface area contributed by atoms with Crippen LogP contribution in [0.3, 0.4) is 0 Å². The van der Waals surface area contributed by atoms with E-state index in [4.69, 9.17) is 18.9 Å². The maximum atomic E-state index is 16.8. The average Bonchev–Trinajstić information content (AvgIpc) is 3.07. The van der Waals surface area contributed by atoms with Crippen molar-refractivity contribution in [3.8, 4) is 0 Å². The molecular formula is C40H77FN4O9. The summed E-state index contributed by atoms with van der Waals surface area (Å²) in [5, 5.41) is 38.2. The molecule has 2 rings (SSSR count). The van der Waals surface area contributed by atoms with Crippen molar-refractivity contribution in [1.82, 2.24) is 20.0 Å². The van der Waals surface area contributed by atoms with E-state index in [0.717, 1.165) is 26.4 Å². The Morgan fingerprint density at radius 2 is 1.67 bits per heavy atom. The molecule has 0 aliphatic carbocycles. The van der Waals surface area contributed by atoms with Crippen LogP contribution in [0.1, 0.15) is 102 Å². The zero-order valence-corrected chi connectivity index (χ0v) is 36.1. The van der Waals surface area contributed by atoms with Crippen LogP contribution in [-0.4, -0.2) is 174 Å². The Bertz CT molecular complexity index is 1190. The topological polar surface area (TPSA) is 154 Å². The average molecular weight is 777 g/mol. The Labute approximate surface area is 325 Å². The van der Waals surface area contributed by atoms with Crippen molar-refractivity contribution in [3.05, 3.63) is 0 Å². The van der Waals surface area contributed by atoms with Gasteiger partial charge in [-0.15, -0.1) is 0 Å². The molecule has 14 heteroatoms. The van der Waals surface area contributed by atoms with Crippen LogP contribution in [0.4, 0.5) is 4.39 Å². The lowest BCUT2D eigenvalue weighted by atomic mass is 9.77. The summed E-state index contributed by atoms with van der Waals surface area (Å²) in [6.07, 6.45) is -4.71. The van der Waals surface area contributed by atoms with Crippen LogP contribution >= 0.6 is 0 Å². The molecule has 13 atom stereocenters. The van der Waals surface area contributed by atoms with Gasteiger partial charge in [-0.05, 0) is 128 Å². The fraction of sp³-hybridized carbons (Fsp3) is 0.950. The number of carbonyl (C=O) groups is 2. The molecule has 0 radical (unpaired) electrons. The number of hydrogen-bond acceptors (Lipinski definition) is 13. The van der Waals surface area contributed by atoms with Crippen molar-refractivity contribution in [2.45, 2.75) is 173 Å². The first-order chi connectivity index (χ1) is 24.7. The molecule has 13 nitrogen and oxygen atoms in total. The van der Waals surface area contributed by atoms with Crippen molar-refractivity contribution in [1.29, 1.82) is 0 Å². The molecule has 0 saturated carbocycles. The van der Waals surface area contributed by atoms with Gasteiger partial charge < -0.3 is 49.4 Å². The first kappa shape index (κ1) is 48.8. The van der Waals surface area contributed by atoms with Crippen LogP contribution in [0.25, 0.3) is 0 Å². The number of halogens is 1. The maximum Gasteiger partial charge on any atom is 0.351 e. The summed E-state index contributed by atoms with van der Waals surface area (Å²) < 4.78 is 42.0. The minimum absolute atomic E-state index is 0.0581. The number of likely N-dealkylation sites (N-methyl/N-ethyl adjacent to an activating group) is 2. The summed E-state index contributed by atoms with van der Waals surface area (Å²) in [6.45, 7) is 21.9. The van der Waals surface area contributed by atoms with Crippen molar-refractivity contribution < 1.29 is 48.2 Å². The number of nitrogens with zero attached hydrogens (tertiary/aromatic N) is 3. The number of rotatable bonds is 12. The number of cyclic esters (lactones) is 1. The number of Topliss-reactive ketones (excluding diaryl/α,β-unsaturated/α-hetero) is 1. The minimum atomic E-state index is -3.16. The lowest BCUT2D eigenvalue weighted by molar-refractivity contribution is -0.300. The van der Waals surface area contributed by atoms with Gasteiger partial charge in [0.25, 0.3) is 5.67 Å². The summed E-state index contributed by atoms with van der Waals surface area (Å²) in [6, 6.07) is -0.960. The molecule has 4 N–H and O–H groups in total. The van der Waals surface area contributed by atoms with Gasteiger partial charge in [-0.3, -0.25) is 9.69 Å². The van der Waals surface area contributed by atoms with Gasteiger partial charge in [0, 0.05) is 36.6 Å². The van der Waals surface area contributed by atoms with Gasteiger partial charge in [-0.1, -0.05) is 20.8 Å². The number of carbonyl (C=O) groups excluding carboxylic acids is 2. The standard InChI is InChI=1S/C40H77FN4O9/c1-16-30-40(11,50)33(48)28(5)44(14)24-25(2)23-38(9,51-21-19-42-18-17-20-43(12)13)34(27(4)32(47)39(10,41)36(49)53-30)54-35-31(46)29(22-26(3)52-35)45(15)37(6,7)8/h25-31,33-35,42,46,48,50H,16-24H2,1-15H3/t25-,26-,27+,28-,29+,30-,31-,33-,34-,35+,38-,39+,40-/m1/s1. The number of aliphatic hydroxyl groups is 3. The Morgan fingerprint density at radius 1 is 1.06 bits per heavy atom. The Hall–Kier alpha value is -1.33. The van der Waals surface area contributed by atoms with E-state index in [-0.39, 0.29) is 36.6 Å². The molecule has 0 bridgehead atoms. The van der Waals surface area contributed by atoms with Gasteiger partial charge in [0.05, 0.1) is 24.4 Å². The van der Waals surface area contributed by atoms with Gasteiger partial charge in [0.1, 0.15) is 23.9 Å². The lowest BCUT2D eigenvalue weighted by Gasteiger charge is -2.49. The van der Waals surface area contributed by atoms with Crippen LogP contribution in [0.5, 0.6) is 0 Å². The summed E-state index contributed by atoms with van der Waals surface area (Å²) in [5.41, 5.74) is -6.68. The normalized spacial score (nSPS) is 40.1. The predicted molar refractivity (Wildman–Crippen MR) is 208 cm³/mol. The zero-order chi connectivity index (χ0) is 41.6. The third-order valence-electron chi connectivity index (χ3n) is 11.8. The molecule has 2 heterocycles. The number of esters is 1. The quantitative estimate of drug-likeness (QED) is 0.131. The van der Waals surface area contributed by atoms with Crippen molar-refractivity contribution >= 4 is 11.8 Å². The Morgan fingerprint density at radius 3 is 2.22 bits per heavy atom. The molecule has 2 saturated heterocycles. The summed E-state index contributed by atoms with van der Waals surface area (Å²) >= 11 is 0. The second-order valence-electron chi connectivity index (χ2n) is 18.1. The van der Waals surface area contributed by atoms with Crippen molar-refractivity contribution in [2.75, 3.05) is 61.0 Å². The number of ketones is 1. The monoisotopic (exact) mass is 777 g/mol. The molecule has 318 valence electrons. The van der Waals surface area contributed by atoms with E-state index < -0.39 is 71.3 Å². The van der Waals surface area contributed by atoms with Crippen molar-refractivity contribution in [3.63, 3.8) is 0 Å². The number of alkyl halides is 1. The first-order valence-corrected chi connectivity index (χ1v) is 20.0. The smallest absolute Gasteiger partial charge is 0.351 e. The molecule has 2 aliphatic heterocycles. The summed E-state index contributed by atoms with van der Waals surface area (Å²) in [5.74, 6) is -4.00. The fourth-order valence-electron chi connectivity index (χ4n) is 8.07. The lowest BCUT2D eigenvalue weighted by Crippen LogP contribution is -2.62. The number of nitrogens with one attached hydrogen (secondary N) is 1. The largest absolute Gasteiger partial charge is 0.457 e. The summed E-state index contributed by atoms with van der Waals surface area (Å²) in [4.78, 5) is 34.1. The molecule has 0 unspecified atom stereocenters. The molecule has 54 heavy (non-hydrogen) atoms. The van der Waals surface area contributed by atoms with Gasteiger partial charge in [-0.25, -0.2) is 9.18 Å². The SMILES string of the molecule is CC[C@H]1OC(=O)[C@@](C)(F)C(=O)[C@H](C)[C@@H](O[C@@H]2O[C@H](C)C[C@H](N(C)C(C)(C)C)[C@H]2O)[C@](C)(OCCNCCCN(C)C)C[C@@H](C)CN(C)[C@H](C)[C@@H](O)[C@]1(C)O. The highest BCUT2D eigenvalue weighted by Crippen LogP contribution is 2.39. The Kier molecular flexibility index (Phi) is 18.0. The minimum Gasteiger partial charge on any atom is -0.457 e. The molecule has 0 aromatic rings. The first-order valence-electron chi connectivity index (χ1n) is 20.0. The highest BCUT2D eigenvalue weighted by Gasteiger charge is 2.55. The zero-order valence-electron chi connectivity index (χ0n) is 36.1. The second-order valence-corrected chi connectivity index (χ2v) is 18.1. The van der Waals surface area contributed by atoms with Crippen LogP contribution < -0.4 is 5.32 Å².